The number of anilines is 1. The largest absolute Gasteiger partial charge is 0.479 e. The highest BCUT2D eigenvalue weighted by molar-refractivity contribution is 5.85. The Balaban J connectivity index is 2.50. The standard InChI is InChI=1S/C20H18N2O2/c1-4-14-10-15(5-2)12-17(11-14)20(3,19(23)24)22-18-8-6-16(13-21)7-9-18/h4-12,22H,1-2H2,3H3,(H,23,24). The van der Waals surface area contributed by atoms with Crippen LogP contribution in [0.3, 0.4) is 0 Å². The van der Waals surface area contributed by atoms with Crippen LogP contribution in [0, 0.1) is 11.3 Å². The van der Waals surface area contributed by atoms with Gasteiger partial charge in [-0.2, -0.15) is 5.26 Å². The van der Waals surface area contributed by atoms with Gasteiger partial charge in [0.05, 0.1) is 11.6 Å². The molecule has 0 amide bonds. The molecule has 4 nitrogen and oxygen atoms in total. The van der Waals surface area contributed by atoms with E-state index in [-0.39, 0.29) is 0 Å². The van der Waals surface area contributed by atoms with Crippen LogP contribution in [-0.4, -0.2) is 11.1 Å². The SMILES string of the molecule is C=Cc1cc(C=C)cc(C(C)(Nc2ccc(C#N)cc2)C(=O)O)c1. The van der Waals surface area contributed by atoms with E-state index in [1.165, 1.54) is 0 Å². The van der Waals surface area contributed by atoms with Gasteiger partial charge < -0.3 is 10.4 Å². The normalized spacial score (nSPS) is 12.5. The van der Waals surface area contributed by atoms with Gasteiger partial charge in [-0.15, -0.1) is 0 Å². The van der Waals surface area contributed by atoms with E-state index in [9.17, 15) is 9.90 Å². The quantitative estimate of drug-likeness (QED) is 0.835. The minimum absolute atomic E-state index is 0.514. The summed E-state index contributed by atoms with van der Waals surface area (Å²) in [6.45, 7) is 9.09. The van der Waals surface area contributed by atoms with E-state index in [1.807, 2.05) is 12.1 Å². The highest BCUT2D eigenvalue weighted by Crippen LogP contribution is 2.29. The van der Waals surface area contributed by atoms with Crippen molar-refractivity contribution in [2.75, 3.05) is 5.32 Å². The molecule has 0 aliphatic heterocycles. The average Bonchev–Trinajstić information content (AvgIpc) is 2.61. The summed E-state index contributed by atoms with van der Waals surface area (Å²) >= 11 is 0. The van der Waals surface area contributed by atoms with Crippen LogP contribution in [0.1, 0.15) is 29.2 Å². The van der Waals surface area contributed by atoms with Crippen LogP contribution in [0.2, 0.25) is 0 Å². The third-order valence-corrected chi connectivity index (χ3v) is 3.86. The molecule has 1 atom stereocenters. The zero-order valence-corrected chi connectivity index (χ0v) is 13.4. The number of hydrogen-bond donors (Lipinski definition) is 2. The summed E-state index contributed by atoms with van der Waals surface area (Å²) in [5.74, 6) is -1.01. The maximum Gasteiger partial charge on any atom is 0.333 e. The van der Waals surface area contributed by atoms with Crippen molar-refractivity contribution in [2.24, 2.45) is 0 Å². The van der Waals surface area contributed by atoms with E-state index in [4.69, 9.17) is 5.26 Å². The van der Waals surface area contributed by atoms with Crippen LogP contribution >= 0.6 is 0 Å². The summed E-state index contributed by atoms with van der Waals surface area (Å²) < 4.78 is 0. The second-order valence-electron chi connectivity index (χ2n) is 5.54. The molecule has 2 rings (SSSR count). The number of rotatable bonds is 6. The predicted molar refractivity (Wildman–Crippen MR) is 96.4 cm³/mol. The van der Waals surface area contributed by atoms with E-state index in [0.717, 1.165) is 11.1 Å². The third kappa shape index (κ3) is 3.36. The number of nitriles is 1. The molecule has 24 heavy (non-hydrogen) atoms. The molecule has 2 N–H and O–H groups in total. The lowest BCUT2D eigenvalue weighted by Gasteiger charge is -2.29. The monoisotopic (exact) mass is 318 g/mol. The molecule has 0 spiro atoms. The highest BCUT2D eigenvalue weighted by Gasteiger charge is 2.35. The van der Waals surface area contributed by atoms with Gasteiger partial charge in [-0.1, -0.05) is 25.3 Å². The molecule has 0 bridgehead atoms. The molecule has 0 radical (unpaired) electrons. The molecule has 0 heterocycles. The van der Waals surface area contributed by atoms with Crippen LogP contribution < -0.4 is 5.32 Å². The van der Waals surface area contributed by atoms with Crippen molar-refractivity contribution in [3.63, 3.8) is 0 Å². The van der Waals surface area contributed by atoms with Crippen LogP contribution in [0.15, 0.2) is 55.6 Å². The summed E-state index contributed by atoms with van der Waals surface area (Å²) in [6.07, 6.45) is 3.33. The van der Waals surface area contributed by atoms with E-state index in [1.54, 1.807) is 55.5 Å². The molecule has 0 fully saturated rings. The molecule has 4 heteroatoms. The minimum Gasteiger partial charge on any atom is -0.479 e. The van der Waals surface area contributed by atoms with Gasteiger partial charge in [0.15, 0.2) is 5.54 Å². The summed E-state index contributed by atoms with van der Waals surface area (Å²) in [5.41, 5.74) is 2.01. The first-order valence-corrected chi connectivity index (χ1v) is 7.35. The molecule has 2 aromatic carbocycles. The molecule has 0 aliphatic carbocycles. The fourth-order valence-electron chi connectivity index (χ4n) is 2.37. The molecule has 1 unspecified atom stereocenters. The Morgan fingerprint density at radius 1 is 1.17 bits per heavy atom. The molecular weight excluding hydrogens is 300 g/mol. The lowest BCUT2D eigenvalue weighted by atomic mass is 9.88. The number of carboxylic acid groups (broad SMARTS) is 1. The van der Waals surface area contributed by atoms with Crippen molar-refractivity contribution in [1.29, 1.82) is 5.26 Å². The molecule has 0 aromatic heterocycles. The molecule has 2 aromatic rings. The molecule has 0 saturated carbocycles. The van der Waals surface area contributed by atoms with Crippen molar-refractivity contribution in [2.45, 2.75) is 12.5 Å². The molecule has 0 aliphatic rings. The summed E-state index contributed by atoms with van der Waals surface area (Å²) in [6, 6.07) is 14.1. The van der Waals surface area contributed by atoms with Crippen LogP contribution in [-0.2, 0) is 10.3 Å². The number of carboxylic acids is 1. The van der Waals surface area contributed by atoms with E-state index in [0.29, 0.717) is 16.8 Å². The van der Waals surface area contributed by atoms with Gasteiger partial charge in [-0.05, 0) is 66.1 Å². The number of benzene rings is 2. The average molecular weight is 318 g/mol. The second kappa shape index (κ2) is 6.84. The third-order valence-electron chi connectivity index (χ3n) is 3.86. The fraction of sp³-hybridized carbons (Fsp3) is 0.100. The summed E-state index contributed by atoms with van der Waals surface area (Å²) in [4.78, 5) is 12.0. The van der Waals surface area contributed by atoms with Gasteiger partial charge in [0.1, 0.15) is 0 Å². The maximum atomic E-state index is 12.0. The van der Waals surface area contributed by atoms with Gasteiger partial charge >= 0.3 is 5.97 Å². The van der Waals surface area contributed by atoms with Gasteiger partial charge in [-0.25, -0.2) is 4.79 Å². The number of aliphatic carboxylic acids is 1. The van der Waals surface area contributed by atoms with Crippen molar-refractivity contribution < 1.29 is 9.90 Å². The second-order valence-corrected chi connectivity index (χ2v) is 5.54. The zero-order chi connectivity index (χ0) is 17.7. The highest BCUT2D eigenvalue weighted by atomic mass is 16.4. The van der Waals surface area contributed by atoms with Crippen molar-refractivity contribution in [3.05, 3.63) is 77.9 Å². The Morgan fingerprint density at radius 3 is 2.12 bits per heavy atom. The number of hydrogen-bond acceptors (Lipinski definition) is 3. The first-order chi connectivity index (χ1) is 11.4. The zero-order valence-electron chi connectivity index (χ0n) is 13.4. The van der Waals surface area contributed by atoms with Crippen LogP contribution in [0.4, 0.5) is 5.69 Å². The Bertz CT molecular complexity index is 805. The fourth-order valence-corrected chi connectivity index (χ4v) is 2.37. The summed E-state index contributed by atoms with van der Waals surface area (Å²) in [7, 11) is 0. The van der Waals surface area contributed by atoms with Gasteiger partial charge in [0, 0.05) is 5.69 Å². The van der Waals surface area contributed by atoms with Gasteiger partial charge in [-0.3, -0.25) is 0 Å². The number of nitrogens with zero attached hydrogens (tertiary/aromatic N) is 1. The van der Waals surface area contributed by atoms with Gasteiger partial charge in [0.2, 0.25) is 0 Å². The Labute approximate surface area is 141 Å². The predicted octanol–water partition coefficient (Wildman–Crippen LogP) is 4.26. The Morgan fingerprint density at radius 2 is 1.71 bits per heavy atom. The Kier molecular flexibility index (Phi) is 4.86. The lowest BCUT2D eigenvalue weighted by Crippen LogP contribution is -2.40. The molecule has 0 saturated heterocycles. The van der Waals surface area contributed by atoms with E-state index < -0.39 is 11.5 Å². The van der Waals surface area contributed by atoms with E-state index >= 15 is 0 Å². The van der Waals surface area contributed by atoms with Crippen LogP contribution in [0.25, 0.3) is 12.2 Å². The Hall–Kier alpha value is -3.32. The first kappa shape index (κ1) is 17.0. The lowest BCUT2D eigenvalue weighted by molar-refractivity contribution is -0.142. The molecular formula is C20H18N2O2. The summed E-state index contributed by atoms with van der Waals surface area (Å²) in [5, 5.41) is 21.7. The van der Waals surface area contributed by atoms with Crippen LogP contribution in [0.5, 0.6) is 0 Å². The van der Waals surface area contributed by atoms with Crippen molar-refractivity contribution >= 4 is 23.8 Å². The number of carbonyl (C=O) groups is 1. The maximum absolute atomic E-state index is 12.0. The van der Waals surface area contributed by atoms with Gasteiger partial charge in [0.25, 0.3) is 0 Å². The molecule has 120 valence electrons. The topological polar surface area (TPSA) is 73.1 Å². The smallest absolute Gasteiger partial charge is 0.333 e. The van der Waals surface area contributed by atoms with Crippen molar-refractivity contribution in [3.8, 4) is 6.07 Å². The minimum atomic E-state index is -1.34. The van der Waals surface area contributed by atoms with Crippen molar-refractivity contribution in [1.82, 2.24) is 0 Å². The number of nitrogens with one attached hydrogen (secondary N) is 1. The van der Waals surface area contributed by atoms with E-state index in [2.05, 4.69) is 18.5 Å². The first-order valence-electron chi connectivity index (χ1n) is 7.35.